The van der Waals surface area contributed by atoms with Gasteiger partial charge in [-0.15, -0.1) is 5.10 Å². The largest absolute Gasteiger partial charge is 0.356 e. The molecule has 1 amide bonds. The molecule has 7 heteroatoms. The third kappa shape index (κ3) is 5.69. The van der Waals surface area contributed by atoms with E-state index in [4.69, 9.17) is 0 Å². The Kier molecular flexibility index (Phi) is 7.87. The summed E-state index contributed by atoms with van der Waals surface area (Å²) in [4.78, 5) is 21.2. The second-order valence-corrected chi connectivity index (χ2v) is 7.97. The van der Waals surface area contributed by atoms with Crippen molar-refractivity contribution in [3.05, 3.63) is 17.0 Å². The molecule has 0 fully saturated rings. The Morgan fingerprint density at radius 2 is 1.88 bits per heavy atom. The molecular formula is C19H31N5OS. The van der Waals surface area contributed by atoms with E-state index in [0.29, 0.717) is 17.4 Å². The summed E-state index contributed by atoms with van der Waals surface area (Å²) in [5.74, 6) is 1.42. The quantitative estimate of drug-likeness (QED) is 0.504. The topological polar surface area (TPSA) is 72.2 Å². The number of aromatic nitrogens is 4. The number of hydrogen-bond donors (Lipinski definition) is 1. The van der Waals surface area contributed by atoms with Gasteiger partial charge in [0.1, 0.15) is 0 Å². The number of unbranched alkanes of at least 4 members (excludes halogenated alkanes) is 3. The number of hydrogen-bond acceptors (Lipinski definition) is 5. The summed E-state index contributed by atoms with van der Waals surface area (Å²) in [5.41, 5.74) is 2.72. The molecule has 144 valence electrons. The third-order valence-electron chi connectivity index (χ3n) is 4.58. The summed E-state index contributed by atoms with van der Waals surface area (Å²) in [5, 5.41) is 8.16. The zero-order chi connectivity index (χ0) is 19.1. The lowest BCUT2D eigenvalue weighted by Gasteiger charge is -2.11. The number of fused-ring (bicyclic) bond motifs is 1. The van der Waals surface area contributed by atoms with Crippen LogP contribution in [0.15, 0.2) is 5.16 Å². The molecule has 2 rings (SSSR count). The Labute approximate surface area is 160 Å². The number of rotatable bonds is 10. The predicted octanol–water partition coefficient (Wildman–Crippen LogP) is 3.73. The molecule has 2 aromatic heterocycles. The van der Waals surface area contributed by atoms with Crippen LogP contribution in [0.2, 0.25) is 0 Å². The Morgan fingerprint density at radius 3 is 2.58 bits per heavy atom. The van der Waals surface area contributed by atoms with Crippen LogP contribution in [0.5, 0.6) is 0 Å². The highest BCUT2D eigenvalue weighted by molar-refractivity contribution is 7.98. The van der Waals surface area contributed by atoms with E-state index in [1.807, 2.05) is 20.1 Å². The zero-order valence-electron chi connectivity index (χ0n) is 16.6. The smallest absolute Gasteiger partial charge is 0.253 e. The Hall–Kier alpha value is -1.63. The highest BCUT2D eigenvalue weighted by Crippen LogP contribution is 2.17. The van der Waals surface area contributed by atoms with E-state index in [2.05, 4.69) is 34.2 Å². The van der Waals surface area contributed by atoms with E-state index in [1.54, 1.807) is 4.52 Å². The maximum Gasteiger partial charge on any atom is 0.253 e. The van der Waals surface area contributed by atoms with Gasteiger partial charge in [0.25, 0.3) is 5.78 Å². The van der Waals surface area contributed by atoms with E-state index in [1.165, 1.54) is 37.4 Å². The lowest BCUT2D eigenvalue weighted by molar-refractivity contribution is -0.120. The molecule has 0 spiro atoms. The van der Waals surface area contributed by atoms with Crippen molar-refractivity contribution in [3.63, 3.8) is 0 Å². The fraction of sp³-hybridized carbons (Fsp3) is 0.684. The van der Waals surface area contributed by atoms with Crippen molar-refractivity contribution in [2.24, 2.45) is 5.92 Å². The molecule has 0 unspecified atom stereocenters. The summed E-state index contributed by atoms with van der Waals surface area (Å²) in [6, 6.07) is 0. The second kappa shape index (κ2) is 9.90. The molecule has 0 saturated carbocycles. The van der Waals surface area contributed by atoms with E-state index in [9.17, 15) is 4.79 Å². The van der Waals surface area contributed by atoms with Gasteiger partial charge in [-0.25, -0.2) is 9.50 Å². The van der Waals surface area contributed by atoms with Gasteiger partial charge in [-0.05, 0) is 32.4 Å². The first-order chi connectivity index (χ1) is 12.4. The molecule has 2 heterocycles. The Balaban J connectivity index is 1.85. The van der Waals surface area contributed by atoms with Crippen LogP contribution in [-0.4, -0.2) is 38.3 Å². The Bertz CT molecular complexity index is 741. The predicted molar refractivity (Wildman–Crippen MR) is 107 cm³/mol. The first-order valence-electron chi connectivity index (χ1n) is 9.46. The van der Waals surface area contributed by atoms with Crippen LogP contribution in [0.3, 0.4) is 0 Å². The maximum absolute atomic E-state index is 12.3. The van der Waals surface area contributed by atoms with Gasteiger partial charge in [0, 0.05) is 23.5 Å². The van der Waals surface area contributed by atoms with Crippen LogP contribution < -0.4 is 5.32 Å². The van der Waals surface area contributed by atoms with Crippen molar-refractivity contribution in [3.8, 4) is 0 Å². The molecule has 0 saturated heterocycles. The normalized spacial score (nSPS) is 11.5. The van der Waals surface area contributed by atoms with Crippen LogP contribution in [0.25, 0.3) is 5.78 Å². The number of nitrogens with zero attached hydrogens (tertiary/aromatic N) is 4. The van der Waals surface area contributed by atoms with Crippen LogP contribution in [0.1, 0.15) is 62.9 Å². The molecule has 1 N–H and O–H groups in total. The van der Waals surface area contributed by atoms with Gasteiger partial charge in [-0.1, -0.05) is 51.3 Å². The van der Waals surface area contributed by atoms with Gasteiger partial charge < -0.3 is 5.32 Å². The first-order valence-corrected chi connectivity index (χ1v) is 10.7. The lowest BCUT2D eigenvalue weighted by Crippen LogP contribution is -2.27. The minimum absolute atomic E-state index is 0.0461. The fourth-order valence-electron chi connectivity index (χ4n) is 3.01. The summed E-state index contributed by atoms with van der Waals surface area (Å²) in [6.07, 6.45) is 8.31. The summed E-state index contributed by atoms with van der Waals surface area (Å²) in [6.45, 7) is 9.17. The number of aryl methyl sites for hydroxylation is 2. The standard InChI is InChI=1S/C19H31N5OS/c1-13(2)10-8-6-7-9-11-20-17(25)12-16-14(3)21-18-22-19(26-5)23-24(18)15(16)4/h13H,6-12H2,1-5H3,(H,20,25). The molecule has 26 heavy (non-hydrogen) atoms. The summed E-state index contributed by atoms with van der Waals surface area (Å²) >= 11 is 1.49. The van der Waals surface area contributed by atoms with Crippen LogP contribution in [0.4, 0.5) is 0 Å². The van der Waals surface area contributed by atoms with Crippen LogP contribution in [0, 0.1) is 19.8 Å². The van der Waals surface area contributed by atoms with Crippen molar-refractivity contribution in [1.82, 2.24) is 24.9 Å². The lowest BCUT2D eigenvalue weighted by atomic mass is 10.0. The van der Waals surface area contributed by atoms with Gasteiger partial charge in [0.15, 0.2) is 0 Å². The summed E-state index contributed by atoms with van der Waals surface area (Å²) < 4.78 is 1.73. The molecule has 0 aliphatic carbocycles. The average molecular weight is 378 g/mol. The monoisotopic (exact) mass is 377 g/mol. The molecule has 0 atom stereocenters. The van der Waals surface area contributed by atoms with Crippen molar-refractivity contribution in [2.75, 3.05) is 12.8 Å². The molecule has 2 aromatic rings. The van der Waals surface area contributed by atoms with Gasteiger partial charge >= 0.3 is 0 Å². The van der Waals surface area contributed by atoms with Crippen molar-refractivity contribution >= 4 is 23.4 Å². The van der Waals surface area contributed by atoms with Crippen LogP contribution in [-0.2, 0) is 11.2 Å². The molecule has 0 aliphatic heterocycles. The maximum atomic E-state index is 12.3. The average Bonchev–Trinajstić information content (AvgIpc) is 3.00. The van der Waals surface area contributed by atoms with E-state index >= 15 is 0 Å². The van der Waals surface area contributed by atoms with Crippen LogP contribution >= 0.6 is 11.8 Å². The minimum atomic E-state index is 0.0461. The van der Waals surface area contributed by atoms with Gasteiger partial charge in [0.05, 0.1) is 6.42 Å². The molecule has 0 bridgehead atoms. The minimum Gasteiger partial charge on any atom is -0.356 e. The Morgan fingerprint density at radius 1 is 1.15 bits per heavy atom. The first kappa shape index (κ1) is 20.7. The molecule has 0 aliphatic rings. The highest BCUT2D eigenvalue weighted by Gasteiger charge is 2.15. The van der Waals surface area contributed by atoms with Gasteiger partial charge in [-0.2, -0.15) is 4.98 Å². The third-order valence-corrected chi connectivity index (χ3v) is 5.12. The SMILES string of the molecule is CSc1nc2nc(C)c(CC(=O)NCCCCCCC(C)C)c(C)n2n1. The van der Waals surface area contributed by atoms with E-state index < -0.39 is 0 Å². The summed E-state index contributed by atoms with van der Waals surface area (Å²) in [7, 11) is 0. The number of thioether (sulfide) groups is 1. The second-order valence-electron chi connectivity index (χ2n) is 7.19. The van der Waals surface area contributed by atoms with E-state index in [-0.39, 0.29) is 5.91 Å². The van der Waals surface area contributed by atoms with Gasteiger partial charge in [0.2, 0.25) is 11.1 Å². The number of carbonyl (C=O) groups excluding carboxylic acids is 1. The highest BCUT2D eigenvalue weighted by atomic mass is 32.2. The zero-order valence-corrected chi connectivity index (χ0v) is 17.4. The van der Waals surface area contributed by atoms with Crippen molar-refractivity contribution in [1.29, 1.82) is 0 Å². The molecular weight excluding hydrogens is 346 g/mol. The molecule has 0 aromatic carbocycles. The van der Waals surface area contributed by atoms with Gasteiger partial charge in [-0.3, -0.25) is 4.79 Å². The van der Waals surface area contributed by atoms with E-state index in [0.717, 1.165) is 35.8 Å². The number of amides is 1. The molecule has 6 nitrogen and oxygen atoms in total. The number of nitrogens with one attached hydrogen (secondary N) is 1. The molecule has 0 radical (unpaired) electrons. The fourth-order valence-corrected chi connectivity index (χ4v) is 3.35. The van der Waals surface area contributed by atoms with Crippen molar-refractivity contribution in [2.45, 2.75) is 71.4 Å². The van der Waals surface area contributed by atoms with Crippen molar-refractivity contribution < 1.29 is 4.79 Å². The number of carbonyl (C=O) groups is 1.